The van der Waals surface area contributed by atoms with Crippen molar-refractivity contribution in [3.05, 3.63) is 15.6 Å². The van der Waals surface area contributed by atoms with Gasteiger partial charge in [0.15, 0.2) is 5.69 Å². The highest BCUT2D eigenvalue weighted by molar-refractivity contribution is 7.11. The van der Waals surface area contributed by atoms with Crippen LogP contribution in [0.1, 0.15) is 26.8 Å². The van der Waals surface area contributed by atoms with E-state index in [1.54, 1.807) is 6.92 Å². The molecule has 2 N–H and O–H groups in total. The third kappa shape index (κ3) is 4.42. The highest BCUT2D eigenvalue weighted by Gasteiger charge is 2.14. The number of hydrogen-bond acceptors (Lipinski definition) is 5. The maximum atomic E-state index is 11.5. The van der Waals surface area contributed by atoms with E-state index in [1.165, 1.54) is 11.3 Å². The van der Waals surface area contributed by atoms with E-state index in [0.717, 1.165) is 0 Å². The topological polar surface area (TPSA) is 82.5 Å². The number of carboxylic acid groups (broad SMARTS) is 1. The average Bonchev–Trinajstić information content (AvgIpc) is 2.65. The Bertz CT molecular complexity index is 443. The van der Waals surface area contributed by atoms with Crippen molar-refractivity contribution in [1.29, 1.82) is 0 Å². The highest BCUT2D eigenvalue weighted by atomic mass is 32.1. The zero-order chi connectivity index (χ0) is 13.7. The van der Waals surface area contributed by atoms with Crippen LogP contribution in [0.25, 0.3) is 0 Å². The molecule has 1 heterocycles. The lowest BCUT2D eigenvalue weighted by molar-refractivity contribution is -0.121. The summed E-state index contributed by atoms with van der Waals surface area (Å²) >= 11 is 1.29. The van der Waals surface area contributed by atoms with E-state index < -0.39 is 5.97 Å². The molecule has 1 aromatic rings. The Morgan fingerprint density at radius 2 is 2.11 bits per heavy atom. The number of thiazole rings is 1. The van der Waals surface area contributed by atoms with Crippen LogP contribution in [0.4, 0.5) is 0 Å². The summed E-state index contributed by atoms with van der Waals surface area (Å²) < 4.78 is 0. The molecule has 1 rings (SSSR count). The third-order valence-corrected chi connectivity index (χ3v) is 3.24. The summed E-state index contributed by atoms with van der Waals surface area (Å²) in [4.78, 5) is 28.8. The zero-order valence-corrected chi connectivity index (χ0v) is 11.5. The van der Waals surface area contributed by atoms with Crippen molar-refractivity contribution in [2.75, 3.05) is 20.6 Å². The van der Waals surface area contributed by atoms with Crippen LogP contribution in [-0.4, -0.2) is 47.5 Å². The van der Waals surface area contributed by atoms with E-state index in [1.807, 2.05) is 19.0 Å². The zero-order valence-electron chi connectivity index (χ0n) is 10.7. The average molecular weight is 271 g/mol. The smallest absolute Gasteiger partial charge is 0.355 e. The first kappa shape index (κ1) is 14.6. The summed E-state index contributed by atoms with van der Waals surface area (Å²) in [6.45, 7) is 2.67. The summed E-state index contributed by atoms with van der Waals surface area (Å²) in [6.07, 6.45) is 0.420. The molecule has 1 aromatic heterocycles. The molecule has 0 aliphatic carbocycles. The Balaban J connectivity index is 2.46. The summed E-state index contributed by atoms with van der Waals surface area (Å²) in [7, 11) is 3.80. The molecule has 6 nitrogen and oxygen atoms in total. The largest absolute Gasteiger partial charge is 0.476 e. The van der Waals surface area contributed by atoms with Crippen LogP contribution in [0.3, 0.4) is 0 Å². The summed E-state index contributed by atoms with van der Waals surface area (Å²) in [5, 5.41) is 12.2. The van der Waals surface area contributed by atoms with Gasteiger partial charge in [-0.05, 0) is 21.0 Å². The van der Waals surface area contributed by atoms with Gasteiger partial charge in [0, 0.05) is 17.8 Å². The second kappa shape index (κ2) is 6.46. The molecule has 0 saturated heterocycles. The van der Waals surface area contributed by atoms with Crippen LogP contribution in [0.2, 0.25) is 0 Å². The molecule has 0 aliphatic rings. The van der Waals surface area contributed by atoms with Crippen molar-refractivity contribution in [1.82, 2.24) is 15.2 Å². The Labute approximate surface area is 110 Å². The molecule has 100 valence electrons. The van der Waals surface area contributed by atoms with E-state index >= 15 is 0 Å². The fraction of sp³-hybridized carbons (Fsp3) is 0.545. The molecule has 0 bridgehead atoms. The van der Waals surface area contributed by atoms with Gasteiger partial charge in [-0.25, -0.2) is 9.78 Å². The van der Waals surface area contributed by atoms with Gasteiger partial charge in [0.1, 0.15) is 5.01 Å². The molecule has 18 heavy (non-hydrogen) atoms. The lowest BCUT2D eigenvalue weighted by Crippen LogP contribution is -2.26. The first-order valence-electron chi connectivity index (χ1n) is 5.51. The predicted molar refractivity (Wildman–Crippen MR) is 68.8 cm³/mol. The van der Waals surface area contributed by atoms with E-state index in [4.69, 9.17) is 5.11 Å². The minimum absolute atomic E-state index is 0.0616. The number of carbonyl (C=O) groups is 2. The van der Waals surface area contributed by atoms with Crippen molar-refractivity contribution < 1.29 is 14.7 Å². The molecule has 0 aromatic carbocycles. The SMILES string of the molecule is Cc1sc(CNC(=O)CCN(C)C)nc1C(=O)O. The van der Waals surface area contributed by atoms with E-state index in [9.17, 15) is 9.59 Å². The number of amides is 1. The van der Waals surface area contributed by atoms with Crippen LogP contribution < -0.4 is 5.32 Å². The van der Waals surface area contributed by atoms with Crippen LogP contribution in [0, 0.1) is 6.92 Å². The second-order valence-corrected chi connectivity index (χ2v) is 5.44. The maximum Gasteiger partial charge on any atom is 0.355 e. The Kier molecular flexibility index (Phi) is 5.24. The molecule has 0 spiro atoms. The Hall–Kier alpha value is -1.47. The van der Waals surface area contributed by atoms with Gasteiger partial charge in [-0.3, -0.25) is 4.79 Å². The maximum absolute atomic E-state index is 11.5. The van der Waals surface area contributed by atoms with Crippen LogP contribution in [0.5, 0.6) is 0 Å². The molecule has 0 unspecified atom stereocenters. The minimum Gasteiger partial charge on any atom is -0.476 e. The monoisotopic (exact) mass is 271 g/mol. The third-order valence-electron chi connectivity index (χ3n) is 2.27. The number of carboxylic acids is 1. The van der Waals surface area contributed by atoms with Crippen molar-refractivity contribution >= 4 is 23.2 Å². The van der Waals surface area contributed by atoms with Gasteiger partial charge < -0.3 is 15.3 Å². The quantitative estimate of drug-likeness (QED) is 0.796. The number of nitrogens with one attached hydrogen (secondary N) is 1. The molecular weight excluding hydrogens is 254 g/mol. The lowest BCUT2D eigenvalue weighted by atomic mass is 10.4. The fourth-order valence-electron chi connectivity index (χ4n) is 1.31. The molecule has 0 saturated carbocycles. The predicted octanol–water partition coefficient (Wildman–Crippen LogP) is 0.718. The van der Waals surface area contributed by atoms with Gasteiger partial charge in [-0.2, -0.15) is 0 Å². The van der Waals surface area contributed by atoms with E-state index in [2.05, 4.69) is 10.3 Å². The number of rotatable bonds is 6. The first-order valence-corrected chi connectivity index (χ1v) is 6.33. The van der Waals surface area contributed by atoms with Crippen LogP contribution in [0.15, 0.2) is 0 Å². The van der Waals surface area contributed by atoms with Gasteiger partial charge in [0.25, 0.3) is 0 Å². The normalized spacial score (nSPS) is 10.7. The molecule has 7 heteroatoms. The van der Waals surface area contributed by atoms with Gasteiger partial charge in [-0.15, -0.1) is 11.3 Å². The van der Waals surface area contributed by atoms with Crippen molar-refractivity contribution in [2.24, 2.45) is 0 Å². The minimum atomic E-state index is -1.03. The number of nitrogens with zero attached hydrogens (tertiary/aromatic N) is 2. The molecule has 1 amide bonds. The van der Waals surface area contributed by atoms with Crippen LogP contribution in [-0.2, 0) is 11.3 Å². The van der Waals surface area contributed by atoms with Crippen LogP contribution >= 0.6 is 11.3 Å². The van der Waals surface area contributed by atoms with E-state index in [-0.39, 0.29) is 18.1 Å². The molecule has 0 fully saturated rings. The van der Waals surface area contributed by atoms with Gasteiger partial charge >= 0.3 is 5.97 Å². The molecule has 0 radical (unpaired) electrons. The standard InChI is InChI=1S/C11H17N3O3S/c1-7-10(11(16)17)13-9(18-7)6-12-8(15)4-5-14(2)3/h4-6H2,1-3H3,(H,12,15)(H,16,17). The molecule has 0 aliphatic heterocycles. The number of carbonyl (C=O) groups excluding carboxylic acids is 1. The Morgan fingerprint density at radius 1 is 1.44 bits per heavy atom. The Morgan fingerprint density at radius 3 is 2.61 bits per heavy atom. The summed E-state index contributed by atoms with van der Waals surface area (Å²) in [6, 6.07) is 0. The number of aryl methyl sites for hydroxylation is 1. The van der Waals surface area contributed by atoms with E-state index in [0.29, 0.717) is 22.9 Å². The van der Waals surface area contributed by atoms with Gasteiger partial charge in [0.05, 0.1) is 6.54 Å². The fourth-order valence-corrected chi connectivity index (χ4v) is 2.18. The summed E-state index contributed by atoms with van der Waals surface area (Å²) in [5.41, 5.74) is 0.0672. The second-order valence-electron chi connectivity index (χ2n) is 4.15. The first-order chi connectivity index (χ1) is 8.40. The number of hydrogen-bond donors (Lipinski definition) is 2. The number of aromatic carboxylic acids is 1. The van der Waals surface area contributed by atoms with Gasteiger partial charge in [0.2, 0.25) is 5.91 Å². The van der Waals surface area contributed by atoms with Crippen molar-refractivity contribution in [2.45, 2.75) is 19.9 Å². The molecule has 0 atom stereocenters. The molecular formula is C11H17N3O3S. The summed E-state index contributed by atoms with van der Waals surface area (Å²) in [5.74, 6) is -1.10. The lowest BCUT2D eigenvalue weighted by Gasteiger charge is -2.08. The highest BCUT2D eigenvalue weighted by Crippen LogP contribution is 2.17. The van der Waals surface area contributed by atoms with Crippen molar-refractivity contribution in [3.63, 3.8) is 0 Å². The van der Waals surface area contributed by atoms with Crippen molar-refractivity contribution in [3.8, 4) is 0 Å². The van der Waals surface area contributed by atoms with Gasteiger partial charge in [-0.1, -0.05) is 0 Å². The number of aromatic nitrogens is 1.